The van der Waals surface area contributed by atoms with Gasteiger partial charge < -0.3 is 0 Å². The number of benzene rings is 2. The van der Waals surface area contributed by atoms with E-state index in [1.54, 1.807) is 12.1 Å². The van der Waals surface area contributed by atoms with E-state index in [0.717, 1.165) is 5.56 Å². The number of ketones is 1. The first-order valence-electron chi connectivity index (χ1n) is 6.73. The zero-order valence-corrected chi connectivity index (χ0v) is 12.9. The Balaban J connectivity index is 1.94. The predicted molar refractivity (Wildman–Crippen MR) is 81.7 cm³/mol. The molecule has 0 aliphatic rings. The molecule has 116 valence electrons. The van der Waals surface area contributed by atoms with Crippen LogP contribution in [-0.4, -0.2) is 20.7 Å². The maximum Gasteiger partial charge on any atom is 0.240 e. The summed E-state index contributed by atoms with van der Waals surface area (Å²) in [5.41, 5.74) is 1.32. The van der Waals surface area contributed by atoms with E-state index in [0.29, 0.717) is 5.56 Å². The van der Waals surface area contributed by atoms with Crippen molar-refractivity contribution in [1.82, 2.24) is 4.72 Å². The van der Waals surface area contributed by atoms with Crippen LogP contribution in [0.25, 0.3) is 0 Å². The molecule has 2 aromatic rings. The van der Waals surface area contributed by atoms with Crippen molar-refractivity contribution in [1.29, 1.82) is 0 Å². The summed E-state index contributed by atoms with van der Waals surface area (Å²) in [7, 11) is -3.62. The van der Waals surface area contributed by atoms with Gasteiger partial charge in [-0.05, 0) is 43.3 Å². The zero-order chi connectivity index (χ0) is 16.2. The molecule has 0 bridgehead atoms. The van der Waals surface area contributed by atoms with Crippen LogP contribution in [-0.2, 0) is 10.0 Å². The second-order valence-electron chi connectivity index (χ2n) is 4.89. The second-order valence-corrected chi connectivity index (χ2v) is 6.66. The number of nitrogens with one attached hydrogen (secondary N) is 1. The van der Waals surface area contributed by atoms with Gasteiger partial charge in [-0.15, -0.1) is 0 Å². The molecule has 2 rings (SSSR count). The number of sulfonamides is 1. The molecule has 0 aliphatic carbocycles. The second kappa shape index (κ2) is 6.81. The SMILES string of the molecule is Cc1ccc(S(=O)(=O)NCCC(=O)c2ccc(F)cc2)cc1. The third kappa shape index (κ3) is 4.22. The molecule has 0 amide bonds. The van der Waals surface area contributed by atoms with Gasteiger partial charge in [0.05, 0.1) is 4.90 Å². The Labute approximate surface area is 129 Å². The molecule has 0 radical (unpaired) electrons. The minimum atomic E-state index is -3.62. The molecule has 22 heavy (non-hydrogen) atoms. The molecule has 6 heteroatoms. The monoisotopic (exact) mass is 321 g/mol. The van der Waals surface area contributed by atoms with Gasteiger partial charge >= 0.3 is 0 Å². The third-order valence-electron chi connectivity index (χ3n) is 3.14. The van der Waals surface area contributed by atoms with E-state index in [4.69, 9.17) is 0 Å². The van der Waals surface area contributed by atoms with Crippen molar-refractivity contribution in [3.05, 3.63) is 65.5 Å². The fraction of sp³-hybridized carbons (Fsp3) is 0.188. The average Bonchev–Trinajstić information content (AvgIpc) is 2.48. The van der Waals surface area contributed by atoms with Crippen molar-refractivity contribution in [3.63, 3.8) is 0 Å². The van der Waals surface area contributed by atoms with Crippen molar-refractivity contribution in [2.45, 2.75) is 18.2 Å². The maximum absolute atomic E-state index is 12.8. The van der Waals surface area contributed by atoms with Crippen molar-refractivity contribution in [2.75, 3.05) is 6.54 Å². The number of rotatable bonds is 6. The Kier molecular flexibility index (Phi) is 5.05. The van der Waals surface area contributed by atoms with Crippen LogP contribution in [0.4, 0.5) is 4.39 Å². The maximum atomic E-state index is 12.8. The van der Waals surface area contributed by atoms with Gasteiger partial charge in [-0.3, -0.25) is 4.79 Å². The summed E-state index contributed by atoms with van der Waals surface area (Å²) in [6.07, 6.45) is 0.0106. The van der Waals surface area contributed by atoms with E-state index in [-0.39, 0.29) is 23.6 Å². The lowest BCUT2D eigenvalue weighted by Gasteiger charge is -2.07. The molecular weight excluding hydrogens is 305 g/mol. The lowest BCUT2D eigenvalue weighted by atomic mass is 10.1. The summed E-state index contributed by atoms with van der Waals surface area (Å²) in [5.74, 6) is -0.664. The van der Waals surface area contributed by atoms with Crippen LogP contribution in [0.1, 0.15) is 22.3 Å². The van der Waals surface area contributed by atoms with Gasteiger partial charge in [0.25, 0.3) is 0 Å². The summed E-state index contributed by atoms with van der Waals surface area (Å²) in [6.45, 7) is 1.86. The molecule has 2 aromatic carbocycles. The van der Waals surface area contributed by atoms with Crippen LogP contribution in [0.2, 0.25) is 0 Å². The molecule has 0 atom stereocenters. The van der Waals surface area contributed by atoms with Crippen molar-refractivity contribution < 1.29 is 17.6 Å². The van der Waals surface area contributed by atoms with Gasteiger partial charge in [0.1, 0.15) is 5.82 Å². The van der Waals surface area contributed by atoms with Crippen molar-refractivity contribution >= 4 is 15.8 Å². The highest BCUT2D eigenvalue weighted by molar-refractivity contribution is 7.89. The lowest BCUT2D eigenvalue weighted by molar-refractivity contribution is 0.0984. The molecule has 0 saturated carbocycles. The van der Waals surface area contributed by atoms with Crippen LogP contribution >= 0.6 is 0 Å². The summed E-state index contributed by atoms with van der Waals surface area (Å²) in [6, 6.07) is 11.6. The number of hydrogen-bond donors (Lipinski definition) is 1. The summed E-state index contributed by atoms with van der Waals surface area (Å²) in [4.78, 5) is 12.0. The summed E-state index contributed by atoms with van der Waals surface area (Å²) < 4.78 is 39.2. The Morgan fingerprint density at radius 1 is 1.05 bits per heavy atom. The van der Waals surface area contributed by atoms with Gasteiger partial charge in [-0.25, -0.2) is 17.5 Å². The molecule has 0 aliphatic heterocycles. The normalized spacial score (nSPS) is 11.4. The van der Waals surface area contributed by atoms with Crippen LogP contribution in [0.5, 0.6) is 0 Å². The molecule has 0 saturated heterocycles. The number of Topliss-reactive ketones (excluding diaryl/α,β-unsaturated/α-hetero) is 1. The number of carbonyl (C=O) groups excluding carboxylic acids is 1. The largest absolute Gasteiger partial charge is 0.294 e. The van der Waals surface area contributed by atoms with E-state index in [1.807, 2.05) is 6.92 Å². The Bertz CT molecular complexity index is 753. The number of carbonyl (C=O) groups is 1. The predicted octanol–water partition coefficient (Wildman–Crippen LogP) is 2.69. The van der Waals surface area contributed by atoms with Gasteiger partial charge in [0.2, 0.25) is 10.0 Å². The molecular formula is C16H16FNO3S. The topological polar surface area (TPSA) is 63.2 Å². The minimum Gasteiger partial charge on any atom is -0.294 e. The van der Waals surface area contributed by atoms with Gasteiger partial charge in [0.15, 0.2) is 5.78 Å². The molecule has 4 nitrogen and oxygen atoms in total. The zero-order valence-electron chi connectivity index (χ0n) is 12.0. The first-order chi connectivity index (χ1) is 10.4. The van der Waals surface area contributed by atoms with Crippen molar-refractivity contribution in [3.8, 4) is 0 Å². The van der Waals surface area contributed by atoms with Gasteiger partial charge in [-0.1, -0.05) is 17.7 Å². The molecule has 0 aromatic heterocycles. The van der Waals surface area contributed by atoms with E-state index in [1.165, 1.54) is 36.4 Å². The fourth-order valence-corrected chi connectivity index (χ4v) is 2.91. The summed E-state index contributed by atoms with van der Waals surface area (Å²) in [5, 5.41) is 0. The Morgan fingerprint density at radius 2 is 1.64 bits per heavy atom. The molecule has 1 N–H and O–H groups in total. The van der Waals surface area contributed by atoms with E-state index in [2.05, 4.69) is 4.72 Å². The number of halogens is 1. The first-order valence-corrected chi connectivity index (χ1v) is 8.22. The van der Waals surface area contributed by atoms with Crippen molar-refractivity contribution in [2.24, 2.45) is 0 Å². The quantitative estimate of drug-likeness (QED) is 0.832. The van der Waals surface area contributed by atoms with Crippen LogP contribution in [0, 0.1) is 12.7 Å². The van der Waals surface area contributed by atoms with Gasteiger partial charge in [0, 0.05) is 18.5 Å². The van der Waals surface area contributed by atoms with E-state index < -0.39 is 15.8 Å². The summed E-state index contributed by atoms with van der Waals surface area (Å²) >= 11 is 0. The highest BCUT2D eigenvalue weighted by Gasteiger charge is 2.14. The number of hydrogen-bond acceptors (Lipinski definition) is 3. The molecule has 0 heterocycles. The van der Waals surface area contributed by atoms with Crippen LogP contribution in [0.3, 0.4) is 0 Å². The van der Waals surface area contributed by atoms with Gasteiger partial charge in [-0.2, -0.15) is 0 Å². The fourth-order valence-electron chi connectivity index (χ4n) is 1.88. The van der Waals surface area contributed by atoms with Crippen LogP contribution in [0.15, 0.2) is 53.4 Å². The average molecular weight is 321 g/mol. The Morgan fingerprint density at radius 3 is 2.23 bits per heavy atom. The Hall–Kier alpha value is -2.05. The standard InChI is InChI=1S/C16H16FNO3S/c1-12-2-8-15(9-3-12)22(20,21)18-11-10-16(19)13-4-6-14(17)7-5-13/h2-9,18H,10-11H2,1H3. The molecule has 0 unspecified atom stereocenters. The minimum absolute atomic E-state index is 0.00752. The molecule has 0 fully saturated rings. The highest BCUT2D eigenvalue weighted by Crippen LogP contribution is 2.10. The lowest BCUT2D eigenvalue weighted by Crippen LogP contribution is -2.26. The van der Waals surface area contributed by atoms with Crippen LogP contribution < -0.4 is 4.72 Å². The molecule has 0 spiro atoms. The third-order valence-corrected chi connectivity index (χ3v) is 4.62. The smallest absolute Gasteiger partial charge is 0.240 e. The number of aryl methyl sites for hydroxylation is 1. The van der Waals surface area contributed by atoms with E-state index >= 15 is 0 Å². The van der Waals surface area contributed by atoms with E-state index in [9.17, 15) is 17.6 Å². The first kappa shape index (κ1) is 16.3. The highest BCUT2D eigenvalue weighted by atomic mass is 32.2.